The van der Waals surface area contributed by atoms with Gasteiger partial charge in [0, 0.05) is 17.3 Å². The summed E-state index contributed by atoms with van der Waals surface area (Å²) < 4.78 is 44.8. The molecule has 3 rings (SSSR count). The number of esters is 1. The van der Waals surface area contributed by atoms with E-state index in [-0.39, 0.29) is 16.6 Å². The highest BCUT2D eigenvalue weighted by Gasteiger charge is 2.30. The number of carbonyl (C=O) groups is 1. The second-order valence-corrected chi connectivity index (χ2v) is 5.98. The summed E-state index contributed by atoms with van der Waals surface area (Å²) in [6, 6.07) is 5.97. The lowest BCUT2D eigenvalue weighted by molar-refractivity contribution is -0.137. The molecule has 0 saturated carbocycles. The Bertz CT molecular complexity index is 1120. The lowest BCUT2D eigenvalue weighted by atomic mass is 10.0. The van der Waals surface area contributed by atoms with Crippen LogP contribution in [0.3, 0.4) is 0 Å². The maximum atomic E-state index is 13.0. The van der Waals surface area contributed by atoms with E-state index in [4.69, 9.17) is 4.74 Å². The van der Waals surface area contributed by atoms with Gasteiger partial charge in [0.2, 0.25) is 0 Å². The Kier molecular flexibility index (Phi) is 4.51. The topological polar surface area (TPSA) is 61.2 Å². The molecule has 2 aromatic heterocycles. The fourth-order valence-electron chi connectivity index (χ4n) is 3.05. The van der Waals surface area contributed by atoms with Gasteiger partial charge in [-0.15, -0.1) is 0 Å². The van der Waals surface area contributed by atoms with E-state index in [0.717, 1.165) is 16.7 Å². The highest BCUT2D eigenvalue weighted by molar-refractivity contribution is 6.05. The molecular weight excluding hydrogens is 361 g/mol. The van der Waals surface area contributed by atoms with Crippen molar-refractivity contribution in [1.29, 1.82) is 0 Å². The first-order valence-corrected chi connectivity index (χ1v) is 7.93. The Morgan fingerprint density at radius 1 is 1.15 bits per heavy atom. The molecule has 0 atom stereocenters. The van der Waals surface area contributed by atoms with Crippen LogP contribution in [-0.4, -0.2) is 22.6 Å². The van der Waals surface area contributed by atoms with Crippen molar-refractivity contribution in [3.63, 3.8) is 0 Å². The molecule has 0 amide bonds. The molecule has 0 radical (unpaired) electrons. The van der Waals surface area contributed by atoms with Gasteiger partial charge in [-0.05, 0) is 38.1 Å². The first-order valence-electron chi connectivity index (χ1n) is 7.93. The van der Waals surface area contributed by atoms with Crippen LogP contribution < -0.4 is 5.56 Å². The number of methoxy groups -OCH3 is 1. The van der Waals surface area contributed by atoms with Gasteiger partial charge in [0.15, 0.2) is 0 Å². The standard InChI is InChI=1S/C19H15F3N2O3/c1-10-15-14(16(11(2)23-10)18(26)27-3)7-8-24(17(15)25)13-6-4-5-12(9-13)19(20,21)22/h4-9H,1-3H3. The van der Waals surface area contributed by atoms with E-state index in [9.17, 15) is 22.8 Å². The van der Waals surface area contributed by atoms with Crippen LogP contribution in [0.5, 0.6) is 0 Å². The number of benzene rings is 1. The molecule has 27 heavy (non-hydrogen) atoms. The van der Waals surface area contributed by atoms with Crippen LogP contribution >= 0.6 is 0 Å². The van der Waals surface area contributed by atoms with E-state index in [1.54, 1.807) is 13.8 Å². The molecule has 0 aliphatic rings. The van der Waals surface area contributed by atoms with Crippen LogP contribution in [-0.2, 0) is 10.9 Å². The fraction of sp³-hybridized carbons (Fsp3) is 0.211. The van der Waals surface area contributed by atoms with Gasteiger partial charge in [0.1, 0.15) is 0 Å². The zero-order valence-corrected chi connectivity index (χ0v) is 14.7. The van der Waals surface area contributed by atoms with Crippen LogP contribution in [0.1, 0.15) is 27.3 Å². The smallest absolute Gasteiger partial charge is 0.416 e. The third-order valence-electron chi connectivity index (χ3n) is 4.26. The molecule has 8 heteroatoms. The van der Waals surface area contributed by atoms with Crippen molar-refractivity contribution < 1.29 is 22.7 Å². The van der Waals surface area contributed by atoms with E-state index in [1.165, 1.54) is 31.5 Å². The molecule has 0 fully saturated rings. The first-order chi connectivity index (χ1) is 12.6. The van der Waals surface area contributed by atoms with Crippen LogP contribution in [0.25, 0.3) is 16.5 Å². The number of pyridine rings is 2. The van der Waals surface area contributed by atoms with E-state index < -0.39 is 23.3 Å². The second-order valence-electron chi connectivity index (χ2n) is 5.98. The number of hydrogen-bond donors (Lipinski definition) is 0. The molecule has 3 aromatic rings. The van der Waals surface area contributed by atoms with Crippen LogP contribution in [0, 0.1) is 13.8 Å². The normalized spacial score (nSPS) is 11.6. The van der Waals surface area contributed by atoms with Crippen molar-refractivity contribution in [3.8, 4) is 5.69 Å². The van der Waals surface area contributed by atoms with Crippen molar-refractivity contribution in [2.24, 2.45) is 0 Å². The predicted molar refractivity (Wildman–Crippen MR) is 93.2 cm³/mol. The third kappa shape index (κ3) is 3.18. The highest BCUT2D eigenvalue weighted by Crippen LogP contribution is 2.30. The van der Waals surface area contributed by atoms with E-state index in [1.807, 2.05) is 0 Å². The van der Waals surface area contributed by atoms with Crippen molar-refractivity contribution >= 4 is 16.7 Å². The zero-order valence-electron chi connectivity index (χ0n) is 14.7. The Morgan fingerprint density at radius 2 is 1.85 bits per heavy atom. The molecule has 1 aromatic carbocycles. The third-order valence-corrected chi connectivity index (χ3v) is 4.26. The molecule has 0 aliphatic carbocycles. The summed E-state index contributed by atoms with van der Waals surface area (Å²) in [5, 5.41) is 0.501. The number of rotatable bonds is 2. The van der Waals surface area contributed by atoms with Crippen molar-refractivity contribution in [2.45, 2.75) is 20.0 Å². The molecule has 0 bridgehead atoms. The van der Waals surface area contributed by atoms with Crippen LogP contribution in [0.2, 0.25) is 0 Å². The predicted octanol–water partition coefficient (Wildman–Crippen LogP) is 3.81. The Labute approximate surface area is 152 Å². The number of halogens is 3. The Hall–Kier alpha value is -3.16. The fourth-order valence-corrected chi connectivity index (χ4v) is 3.05. The summed E-state index contributed by atoms with van der Waals surface area (Å²) >= 11 is 0. The minimum Gasteiger partial charge on any atom is -0.465 e. The monoisotopic (exact) mass is 376 g/mol. The van der Waals surface area contributed by atoms with Gasteiger partial charge in [-0.1, -0.05) is 6.07 Å². The maximum absolute atomic E-state index is 13.0. The quantitative estimate of drug-likeness (QED) is 0.638. The van der Waals surface area contributed by atoms with Gasteiger partial charge in [0.25, 0.3) is 5.56 Å². The molecule has 5 nitrogen and oxygen atoms in total. The summed E-state index contributed by atoms with van der Waals surface area (Å²) in [6.07, 6.45) is -3.19. The SMILES string of the molecule is COC(=O)c1c(C)nc(C)c2c(=O)n(-c3cccc(C(F)(F)F)c3)ccc12. The second kappa shape index (κ2) is 6.53. The summed E-state index contributed by atoms with van der Waals surface area (Å²) in [5.41, 5.74) is -0.421. The number of aromatic nitrogens is 2. The minimum atomic E-state index is -4.52. The zero-order chi connectivity index (χ0) is 19.9. The van der Waals surface area contributed by atoms with Gasteiger partial charge in [0.05, 0.1) is 35.0 Å². The highest BCUT2D eigenvalue weighted by atomic mass is 19.4. The molecule has 2 heterocycles. The number of carbonyl (C=O) groups excluding carboxylic acids is 1. The van der Waals surface area contributed by atoms with Crippen LogP contribution in [0.4, 0.5) is 13.2 Å². The molecule has 0 unspecified atom stereocenters. The summed E-state index contributed by atoms with van der Waals surface area (Å²) in [5.74, 6) is -0.638. The van der Waals surface area contributed by atoms with Gasteiger partial charge in [-0.3, -0.25) is 14.3 Å². The number of hydrogen-bond acceptors (Lipinski definition) is 4. The average Bonchev–Trinajstić information content (AvgIpc) is 2.60. The van der Waals surface area contributed by atoms with E-state index >= 15 is 0 Å². The number of aryl methyl sites for hydroxylation is 2. The van der Waals surface area contributed by atoms with Gasteiger partial charge in [-0.25, -0.2) is 4.79 Å². The first kappa shape index (κ1) is 18.6. The molecule has 0 saturated heterocycles. The maximum Gasteiger partial charge on any atom is 0.416 e. The number of alkyl halides is 3. The molecule has 0 aliphatic heterocycles. The summed E-state index contributed by atoms with van der Waals surface area (Å²) in [6.45, 7) is 3.23. The van der Waals surface area contributed by atoms with E-state index in [0.29, 0.717) is 16.8 Å². The number of fused-ring (bicyclic) bond motifs is 1. The molecule has 0 spiro atoms. The van der Waals surface area contributed by atoms with Gasteiger partial charge >= 0.3 is 12.1 Å². The largest absolute Gasteiger partial charge is 0.465 e. The van der Waals surface area contributed by atoms with Crippen LogP contribution in [0.15, 0.2) is 41.3 Å². The van der Waals surface area contributed by atoms with E-state index in [2.05, 4.69) is 4.98 Å². The Morgan fingerprint density at radius 3 is 2.48 bits per heavy atom. The van der Waals surface area contributed by atoms with Gasteiger partial charge in [-0.2, -0.15) is 13.2 Å². The van der Waals surface area contributed by atoms with Crippen molar-refractivity contribution in [2.75, 3.05) is 7.11 Å². The average molecular weight is 376 g/mol. The van der Waals surface area contributed by atoms with Crippen molar-refractivity contribution in [1.82, 2.24) is 9.55 Å². The lowest BCUT2D eigenvalue weighted by Gasteiger charge is -2.14. The number of ether oxygens (including phenoxy) is 1. The van der Waals surface area contributed by atoms with Gasteiger partial charge < -0.3 is 4.74 Å². The summed E-state index contributed by atoms with van der Waals surface area (Å²) in [7, 11) is 1.22. The summed E-state index contributed by atoms with van der Waals surface area (Å²) in [4.78, 5) is 29.3. The Balaban J connectivity index is 2.32. The minimum absolute atomic E-state index is 0.0660. The lowest BCUT2D eigenvalue weighted by Crippen LogP contribution is -2.21. The molecule has 0 N–H and O–H groups in total. The molecule has 140 valence electrons. The number of nitrogens with zero attached hydrogens (tertiary/aromatic N) is 2. The van der Waals surface area contributed by atoms with Crippen molar-refractivity contribution in [3.05, 3.63) is 69.4 Å². The molecular formula is C19H15F3N2O3.